The highest BCUT2D eigenvalue weighted by molar-refractivity contribution is 6.11. The first-order chi connectivity index (χ1) is 15.3. The van der Waals surface area contributed by atoms with Gasteiger partial charge in [-0.1, -0.05) is 19.8 Å². The Bertz CT molecular complexity index is 1140. The van der Waals surface area contributed by atoms with E-state index in [1.807, 2.05) is 43.5 Å². The maximum atomic E-state index is 13.2. The largest absolute Gasteiger partial charge is 0.454 e. The van der Waals surface area contributed by atoms with E-state index < -0.39 is 11.6 Å². The van der Waals surface area contributed by atoms with E-state index in [1.54, 1.807) is 6.07 Å². The SMILES string of the molecule is Cc1cc(C(=O)CN2C(=O)N[C@]3(CCCC[C@H]3C)C2=O)c(C)n1-c1ccc2c(c1)OCO2. The zero-order valence-corrected chi connectivity index (χ0v) is 18.6. The van der Waals surface area contributed by atoms with Gasteiger partial charge in [-0.15, -0.1) is 0 Å². The van der Waals surface area contributed by atoms with E-state index in [9.17, 15) is 14.4 Å². The molecular formula is C24H27N3O5. The van der Waals surface area contributed by atoms with Crippen LogP contribution in [0, 0.1) is 19.8 Å². The second-order valence-corrected chi connectivity index (χ2v) is 9.02. The number of amides is 3. The van der Waals surface area contributed by atoms with Crippen molar-refractivity contribution in [2.75, 3.05) is 13.3 Å². The minimum Gasteiger partial charge on any atom is -0.454 e. The monoisotopic (exact) mass is 437 g/mol. The van der Waals surface area contributed by atoms with Crippen LogP contribution in [0.2, 0.25) is 0 Å². The Kier molecular flexibility index (Phi) is 4.76. The van der Waals surface area contributed by atoms with E-state index in [4.69, 9.17) is 9.47 Å². The Morgan fingerprint density at radius 1 is 1.16 bits per heavy atom. The highest BCUT2D eigenvalue weighted by atomic mass is 16.7. The van der Waals surface area contributed by atoms with Crippen LogP contribution in [0.3, 0.4) is 0 Å². The van der Waals surface area contributed by atoms with Crippen LogP contribution < -0.4 is 14.8 Å². The predicted octanol–water partition coefficient (Wildman–Crippen LogP) is 3.51. The standard InChI is InChI=1S/C24H27N3O5/c1-14-6-4-5-9-24(14)22(29)26(23(30)25-24)12-19(28)18-10-15(2)27(16(18)3)17-7-8-20-21(11-17)32-13-31-20/h7-8,10-11,14H,4-6,9,12-13H2,1-3H3,(H,25,30)/t14-,24+/m1/s1. The summed E-state index contributed by atoms with van der Waals surface area (Å²) >= 11 is 0. The third-order valence-electron chi connectivity index (χ3n) is 7.15. The second kappa shape index (κ2) is 7.39. The molecule has 1 saturated heterocycles. The number of ketones is 1. The molecule has 168 valence electrons. The zero-order chi connectivity index (χ0) is 22.6. The molecule has 2 fully saturated rings. The Morgan fingerprint density at radius 3 is 2.72 bits per heavy atom. The molecule has 2 aromatic rings. The molecule has 32 heavy (non-hydrogen) atoms. The predicted molar refractivity (Wildman–Crippen MR) is 116 cm³/mol. The number of fused-ring (bicyclic) bond motifs is 1. The number of aromatic nitrogens is 1. The molecule has 1 aliphatic carbocycles. The average molecular weight is 437 g/mol. The van der Waals surface area contributed by atoms with E-state index in [0.29, 0.717) is 23.5 Å². The summed E-state index contributed by atoms with van der Waals surface area (Å²) in [6, 6.07) is 6.97. The maximum Gasteiger partial charge on any atom is 0.325 e. The van der Waals surface area contributed by atoms with Gasteiger partial charge in [-0.25, -0.2) is 4.79 Å². The van der Waals surface area contributed by atoms with E-state index in [0.717, 1.165) is 41.2 Å². The molecule has 0 unspecified atom stereocenters. The number of imide groups is 1. The van der Waals surface area contributed by atoms with Gasteiger partial charge in [-0.05, 0) is 50.8 Å². The molecule has 3 heterocycles. The van der Waals surface area contributed by atoms with E-state index in [2.05, 4.69) is 5.32 Å². The summed E-state index contributed by atoms with van der Waals surface area (Å²) in [6.45, 7) is 5.71. The van der Waals surface area contributed by atoms with E-state index in [-0.39, 0.29) is 30.9 Å². The molecule has 0 radical (unpaired) electrons. The average Bonchev–Trinajstić information content (AvgIpc) is 3.41. The van der Waals surface area contributed by atoms with Crippen LogP contribution in [0.15, 0.2) is 24.3 Å². The van der Waals surface area contributed by atoms with Crippen LogP contribution >= 0.6 is 0 Å². The van der Waals surface area contributed by atoms with Crippen molar-refractivity contribution in [1.82, 2.24) is 14.8 Å². The van der Waals surface area contributed by atoms with Crippen molar-refractivity contribution in [2.45, 2.75) is 52.0 Å². The fourth-order valence-corrected chi connectivity index (χ4v) is 5.33. The van der Waals surface area contributed by atoms with Crippen LogP contribution in [-0.2, 0) is 4.79 Å². The molecule has 1 aromatic heterocycles. The first-order valence-corrected chi connectivity index (χ1v) is 11.1. The number of rotatable bonds is 4. The lowest BCUT2D eigenvalue weighted by molar-refractivity contribution is -0.133. The number of carbonyl (C=O) groups is 3. The lowest BCUT2D eigenvalue weighted by atomic mass is 9.73. The van der Waals surface area contributed by atoms with Crippen molar-refractivity contribution in [3.8, 4) is 17.2 Å². The van der Waals surface area contributed by atoms with Gasteiger partial charge in [0, 0.05) is 28.7 Å². The summed E-state index contributed by atoms with van der Waals surface area (Å²) < 4.78 is 12.8. The van der Waals surface area contributed by atoms with Gasteiger partial charge >= 0.3 is 6.03 Å². The van der Waals surface area contributed by atoms with Gasteiger partial charge < -0.3 is 19.4 Å². The van der Waals surface area contributed by atoms with Gasteiger partial charge in [0.2, 0.25) is 6.79 Å². The zero-order valence-electron chi connectivity index (χ0n) is 18.6. The number of urea groups is 1. The second-order valence-electron chi connectivity index (χ2n) is 9.02. The molecule has 2 atom stereocenters. The van der Waals surface area contributed by atoms with Gasteiger partial charge in [0.05, 0.1) is 6.54 Å². The summed E-state index contributed by atoms with van der Waals surface area (Å²) in [4.78, 5) is 40.2. The summed E-state index contributed by atoms with van der Waals surface area (Å²) in [6.07, 6.45) is 3.47. The molecule has 1 saturated carbocycles. The van der Waals surface area contributed by atoms with Gasteiger partial charge in [0.1, 0.15) is 5.54 Å². The molecule has 8 nitrogen and oxygen atoms in total. The number of hydrogen-bond acceptors (Lipinski definition) is 5. The molecule has 1 N–H and O–H groups in total. The topological polar surface area (TPSA) is 89.9 Å². The first kappa shape index (κ1) is 20.6. The number of aryl methyl sites for hydroxylation is 1. The number of carbonyl (C=O) groups excluding carboxylic acids is 3. The minimum atomic E-state index is -0.862. The number of ether oxygens (including phenoxy) is 2. The maximum absolute atomic E-state index is 13.2. The summed E-state index contributed by atoms with van der Waals surface area (Å²) in [5.41, 5.74) is 2.11. The van der Waals surface area contributed by atoms with Crippen LogP contribution in [0.4, 0.5) is 4.79 Å². The van der Waals surface area contributed by atoms with Gasteiger partial charge in [-0.3, -0.25) is 14.5 Å². The smallest absolute Gasteiger partial charge is 0.325 e. The quantitative estimate of drug-likeness (QED) is 0.584. The third kappa shape index (κ3) is 3.00. The lowest BCUT2D eigenvalue weighted by Gasteiger charge is -2.36. The number of nitrogens with zero attached hydrogens (tertiary/aromatic N) is 2. The Balaban J connectivity index is 1.40. The molecule has 1 aromatic carbocycles. The molecule has 0 bridgehead atoms. The highest BCUT2D eigenvalue weighted by Crippen LogP contribution is 2.38. The molecule has 3 amide bonds. The van der Waals surface area contributed by atoms with Crippen LogP contribution in [-0.4, -0.2) is 46.1 Å². The summed E-state index contributed by atoms with van der Waals surface area (Å²) in [7, 11) is 0. The van der Waals surface area contributed by atoms with E-state index >= 15 is 0 Å². The van der Waals surface area contributed by atoms with Gasteiger partial charge in [0.15, 0.2) is 17.3 Å². The minimum absolute atomic E-state index is 0.0591. The molecule has 2 aliphatic heterocycles. The lowest BCUT2D eigenvalue weighted by Crippen LogP contribution is -2.54. The normalized spacial score (nSPS) is 24.3. The van der Waals surface area contributed by atoms with E-state index in [1.165, 1.54) is 0 Å². The van der Waals surface area contributed by atoms with Crippen molar-refractivity contribution in [3.63, 3.8) is 0 Å². The van der Waals surface area contributed by atoms with Crippen molar-refractivity contribution >= 4 is 17.7 Å². The number of benzene rings is 1. The summed E-state index contributed by atoms with van der Waals surface area (Å²) in [5, 5.41) is 2.91. The Labute approximate surface area is 186 Å². The van der Waals surface area contributed by atoms with Crippen LogP contribution in [0.1, 0.15) is 54.4 Å². The van der Waals surface area contributed by atoms with Crippen LogP contribution in [0.25, 0.3) is 5.69 Å². The molecule has 8 heteroatoms. The first-order valence-electron chi connectivity index (χ1n) is 11.1. The third-order valence-corrected chi connectivity index (χ3v) is 7.15. The van der Waals surface area contributed by atoms with Crippen molar-refractivity contribution in [2.24, 2.45) is 5.92 Å². The number of nitrogens with one attached hydrogen (secondary N) is 1. The van der Waals surface area contributed by atoms with Crippen LogP contribution in [0.5, 0.6) is 11.5 Å². The summed E-state index contributed by atoms with van der Waals surface area (Å²) in [5.74, 6) is 0.886. The molecule has 3 aliphatic rings. The van der Waals surface area contributed by atoms with Gasteiger partial charge in [-0.2, -0.15) is 0 Å². The fraction of sp³-hybridized carbons (Fsp3) is 0.458. The molecular weight excluding hydrogens is 410 g/mol. The van der Waals surface area contributed by atoms with Crippen molar-refractivity contribution in [3.05, 3.63) is 41.2 Å². The fourth-order valence-electron chi connectivity index (χ4n) is 5.33. The number of Topliss-reactive ketones (excluding diaryl/α,β-unsaturated/α-hetero) is 1. The molecule has 1 spiro atoms. The Hall–Kier alpha value is -3.29. The van der Waals surface area contributed by atoms with Gasteiger partial charge in [0.25, 0.3) is 5.91 Å². The van der Waals surface area contributed by atoms with Crippen molar-refractivity contribution < 1.29 is 23.9 Å². The molecule has 5 rings (SSSR count). The number of hydrogen-bond donors (Lipinski definition) is 1. The Morgan fingerprint density at radius 2 is 1.94 bits per heavy atom. The highest BCUT2D eigenvalue weighted by Gasteiger charge is 2.55. The van der Waals surface area contributed by atoms with Crippen molar-refractivity contribution in [1.29, 1.82) is 0 Å².